The van der Waals surface area contributed by atoms with Crippen LogP contribution in [0.15, 0.2) is 78.9 Å². The lowest BCUT2D eigenvalue weighted by atomic mass is 9.84. The smallest absolute Gasteiger partial charge is 0.0339 e. The van der Waals surface area contributed by atoms with Crippen molar-refractivity contribution >= 4 is 136 Å². The molecule has 10 N–H and O–H groups in total. The number of halogens is 8. The van der Waals surface area contributed by atoms with Crippen molar-refractivity contribution in [2.45, 2.75) is 44.7 Å². The lowest BCUT2D eigenvalue weighted by Gasteiger charge is -2.25. The minimum absolute atomic E-state index is 0. The van der Waals surface area contributed by atoms with Crippen molar-refractivity contribution in [1.82, 2.24) is 41.7 Å². The predicted octanol–water partition coefficient (Wildman–Crippen LogP) is 6.57. The Labute approximate surface area is 440 Å². The molecule has 18 heteroatoms. The highest BCUT2D eigenvalue weighted by Gasteiger charge is 2.18. The molecule has 5 rings (SSSR count). The molecule has 3 aromatic rings. The molecule has 2 fully saturated rings. The van der Waals surface area contributed by atoms with E-state index in [0.29, 0.717) is 0 Å². The largest absolute Gasteiger partial charge is 0.412 e. The Morgan fingerprint density at radius 1 is 0.339 bits per heavy atom. The van der Waals surface area contributed by atoms with E-state index < -0.39 is 0 Å². The summed E-state index contributed by atoms with van der Waals surface area (Å²) in [6, 6.07) is 30.0. The zero-order chi connectivity index (χ0) is 33.6. The van der Waals surface area contributed by atoms with Gasteiger partial charge in [0.1, 0.15) is 0 Å². The molecule has 2 heterocycles. The van der Waals surface area contributed by atoms with Gasteiger partial charge in [0.15, 0.2) is 0 Å². The molecule has 3 aromatic carbocycles. The van der Waals surface area contributed by atoms with E-state index in [1.54, 1.807) is 0 Å². The van der Waals surface area contributed by atoms with Gasteiger partial charge in [-0.1, -0.05) is 78.9 Å². The topological polar surface area (TPSA) is 142 Å². The van der Waals surface area contributed by atoms with E-state index >= 15 is 0 Å². The van der Waals surface area contributed by atoms with E-state index in [1.807, 2.05) is 0 Å². The summed E-state index contributed by atoms with van der Waals surface area (Å²) in [5.41, 5.74) is 6.83. The van der Waals surface area contributed by atoms with Crippen LogP contribution < -0.4 is 31.9 Å². The van der Waals surface area contributed by atoms with Gasteiger partial charge in [-0.05, 0) is 106 Å². The van der Waals surface area contributed by atoms with Crippen LogP contribution in [0.5, 0.6) is 0 Å². The maximum atomic E-state index is 3.65. The lowest BCUT2D eigenvalue weighted by Crippen LogP contribution is -2.36. The molecule has 0 spiro atoms. The van der Waals surface area contributed by atoms with Gasteiger partial charge in [-0.25, -0.2) is 0 Å². The van der Waals surface area contributed by atoms with Crippen LogP contribution in [0.3, 0.4) is 0 Å². The molecule has 2 aliphatic rings. The second-order valence-corrected chi connectivity index (χ2v) is 13.8. The van der Waals surface area contributed by atoms with Crippen molar-refractivity contribution in [3.8, 4) is 0 Å². The SMILES string of the molecule is Br.Br.Br.Br.Br.Br.Br.Br.O.O.c1ccc(C(c2ccc(CN3CCCNCCNCCCNCC3)cc2)c2ccc(CN3CCCNCCNCCCNCC3)cc2)cc1. The highest BCUT2D eigenvalue weighted by Crippen LogP contribution is 2.32. The van der Waals surface area contributed by atoms with Crippen LogP contribution in [0.2, 0.25) is 0 Å². The molecule has 2 saturated heterocycles. The Bertz CT molecular complexity index is 1190. The van der Waals surface area contributed by atoms with E-state index in [1.165, 1.54) is 53.5 Å². The van der Waals surface area contributed by atoms with Crippen LogP contribution in [0.4, 0.5) is 0 Å². The second kappa shape index (κ2) is 45.7. The average molecular weight is 1350 g/mol. The van der Waals surface area contributed by atoms with Gasteiger partial charge in [-0.3, -0.25) is 9.80 Å². The average Bonchev–Trinajstić information content (AvgIpc) is 3.13. The van der Waals surface area contributed by atoms with Gasteiger partial charge >= 0.3 is 0 Å². The maximum Gasteiger partial charge on any atom is 0.0339 e. The number of benzene rings is 3. The molecule has 2 aliphatic heterocycles. The van der Waals surface area contributed by atoms with Crippen LogP contribution in [-0.2, 0) is 13.1 Å². The Morgan fingerprint density at radius 3 is 1.00 bits per heavy atom. The normalized spacial score (nSPS) is 16.6. The number of hydrogen-bond acceptors (Lipinski definition) is 8. The fraction of sp³-hybridized carbons (Fsp3) is 0.561. The molecular formula is C41H76Br8N8O2. The first-order valence-corrected chi connectivity index (χ1v) is 19.3. The summed E-state index contributed by atoms with van der Waals surface area (Å²) in [5.74, 6) is 0.211. The predicted molar refractivity (Wildman–Crippen MR) is 296 cm³/mol. The van der Waals surface area contributed by atoms with Crippen molar-refractivity contribution in [3.63, 3.8) is 0 Å². The molecule has 59 heavy (non-hydrogen) atoms. The summed E-state index contributed by atoms with van der Waals surface area (Å²) in [4.78, 5) is 5.23. The van der Waals surface area contributed by atoms with Crippen molar-refractivity contribution in [2.75, 3.05) is 105 Å². The molecule has 0 bridgehead atoms. The van der Waals surface area contributed by atoms with Crippen LogP contribution in [0.1, 0.15) is 59.4 Å². The summed E-state index contributed by atoms with van der Waals surface area (Å²) in [6.07, 6.45) is 4.71. The molecular weight excluding hydrogens is 1280 g/mol. The van der Waals surface area contributed by atoms with Gasteiger partial charge in [0.25, 0.3) is 0 Å². The van der Waals surface area contributed by atoms with E-state index in [9.17, 15) is 0 Å². The van der Waals surface area contributed by atoms with Gasteiger partial charge in [0.2, 0.25) is 0 Å². The van der Waals surface area contributed by atoms with Gasteiger partial charge in [-0.2, -0.15) is 0 Å². The van der Waals surface area contributed by atoms with Crippen LogP contribution in [0.25, 0.3) is 0 Å². The van der Waals surface area contributed by atoms with Gasteiger partial charge < -0.3 is 42.9 Å². The highest BCUT2D eigenvalue weighted by atomic mass is 79.9. The van der Waals surface area contributed by atoms with Crippen molar-refractivity contribution in [1.29, 1.82) is 0 Å². The van der Waals surface area contributed by atoms with Gasteiger partial charge in [-0.15, -0.1) is 136 Å². The first kappa shape index (κ1) is 71.7. The van der Waals surface area contributed by atoms with Gasteiger partial charge in [0, 0.05) is 71.4 Å². The van der Waals surface area contributed by atoms with Crippen molar-refractivity contribution < 1.29 is 11.0 Å². The summed E-state index contributed by atoms with van der Waals surface area (Å²) >= 11 is 0. The summed E-state index contributed by atoms with van der Waals surface area (Å²) < 4.78 is 0. The molecule has 0 radical (unpaired) electrons. The van der Waals surface area contributed by atoms with E-state index in [2.05, 4.69) is 121 Å². The fourth-order valence-corrected chi connectivity index (χ4v) is 7.02. The van der Waals surface area contributed by atoms with Crippen molar-refractivity contribution in [3.05, 3.63) is 107 Å². The quantitative estimate of drug-likeness (QED) is 0.146. The van der Waals surface area contributed by atoms with E-state index in [0.717, 1.165) is 118 Å². The number of nitrogens with zero attached hydrogens (tertiary/aromatic N) is 2. The summed E-state index contributed by atoms with van der Waals surface area (Å²) in [7, 11) is 0. The summed E-state index contributed by atoms with van der Waals surface area (Å²) in [5, 5.41) is 21.6. The second-order valence-electron chi connectivity index (χ2n) is 13.8. The number of rotatable bonds is 7. The Kier molecular flexibility index (Phi) is 55.5. The fourth-order valence-electron chi connectivity index (χ4n) is 7.02. The summed E-state index contributed by atoms with van der Waals surface area (Å²) in [6.45, 7) is 19.2. The maximum absolute atomic E-state index is 3.65. The molecule has 0 aromatic heterocycles. The third-order valence-electron chi connectivity index (χ3n) is 9.81. The highest BCUT2D eigenvalue weighted by molar-refractivity contribution is 8.93. The molecule has 348 valence electrons. The van der Waals surface area contributed by atoms with Crippen LogP contribution in [0, 0.1) is 0 Å². The molecule has 0 saturated carbocycles. The molecule has 0 amide bonds. The van der Waals surface area contributed by atoms with E-state index in [-0.39, 0.29) is 153 Å². The van der Waals surface area contributed by atoms with Crippen molar-refractivity contribution in [2.24, 2.45) is 0 Å². The Hall–Kier alpha value is 1.10. The lowest BCUT2D eigenvalue weighted by molar-refractivity contribution is 0.260. The van der Waals surface area contributed by atoms with Crippen LogP contribution in [-0.4, -0.2) is 125 Å². The Morgan fingerprint density at radius 2 is 0.644 bits per heavy atom. The molecule has 0 unspecified atom stereocenters. The third-order valence-corrected chi connectivity index (χ3v) is 9.81. The number of nitrogens with one attached hydrogen (secondary N) is 6. The monoisotopic (exact) mass is 1340 g/mol. The van der Waals surface area contributed by atoms with Gasteiger partial charge in [0.05, 0.1) is 0 Å². The zero-order valence-electron chi connectivity index (χ0n) is 34.3. The molecule has 10 nitrogen and oxygen atoms in total. The first-order valence-electron chi connectivity index (χ1n) is 19.3. The first-order chi connectivity index (χ1) is 24.3. The molecule has 0 atom stereocenters. The standard InChI is InChI=1S/C41H64N8.8BrH.2H2O/c1-2-8-38(9-3-1)41(39-14-10-36(11-15-39)34-48-30-6-22-44-26-24-42-18-4-20-46-28-32-48)40-16-12-37(13-17-40)35-49-31-7-23-45-27-25-43-19-5-21-47-29-33-49;;;;;;;;;;/h1-3,8-17,41-47H,4-7,18-35H2;8*1H;2*1H2. The van der Waals surface area contributed by atoms with E-state index in [4.69, 9.17) is 0 Å². The van der Waals surface area contributed by atoms with Crippen LogP contribution >= 0.6 is 136 Å². The minimum atomic E-state index is 0. The third kappa shape index (κ3) is 29.3. The minimum Gasteiger partial charge on any atom is -0.412 e. The zero-order valence-corrected chi connectivity index (χ0v) is 48.0. The Balaban J connectivity index is -0.000000702. The molecule has 0 aliphatic carbocycles. The number of hydrogen-bond donors (Lipinski definition) is 6.